The molecule has 12 heteroatoms. The Labute approximate surface area is 235 Å². The SMILES string of the molecule is CCCSc1nc(NC2CC2c2ccccc2)c2nnn([C@H]3C[C@@H](C(=O)NCc4cccnc4)[C@H](O)[C@@H]3O)c2n1. The molecule has 1 amide bonds. The quantitative estimate of drug-likeness (QED) is 0.168. The minimum Gasteiger partial charge on any atom is -0.390 e. The van der Waals surface area contributed by atoms with E-state index in [2.05, 4.69) is 45.0 Å². The van der Waals surface area contributed by atoms with Crippen LogP contribution in [-0.4, -0.2) is 70.1 Å². The Hall–Kier alpha value is -3.61. The third kappa shape index (κ3) is 5.38. The number of aromatic nitrogens is 6. The number of carbonyl (C=O) groups is 1. The zero-order chi connectivity index (χ0) is 27.6. The number of benzene rings is 1. The van der Waals surface area contributed by atoms with E-state index < -0.39 is 24.2 Å². The molecule has 2 aliphatic carbocycles. The van der Waals surface area contributed by atoms with Gasteiger partial charge in [0.25, 0.3) is 0 Å². The Balaban J connectivity index is 1.23. The second kappa shape index (κ2) is 11.5. The molecule has 4 N–H and O–H groups in total. The van der Waals surface area contributed by atoms with E-state index in [9.17, 15) is 15.0 Å². The van der Waals surface area contributed by atoms with E-state index in [0.717, 1.165) is 24.2 Å². The molecule has 1 aromatic carbocycles. The summed E-state index contributed by atoms with van der Waals surface area (Å²) in [6.07, 6.45) is 3.04. The van der Waals surface area contributed by atoms with Crippen molar-refractivity contribution < 1.29 is 15.0 Å². The van der Waals surface area contributed by atoms with Crippen molar-refractivity contribution in [3.05, 3.63) is 66.0 Å². The summed E-state index contributed by atoms with van der Waals surface area (Å²) < 4.78 is 1.54. The highest BCUT2D eigenvalue weighted by molar-refractivity contribution is 7.99. The normalized spacial score (nSPS) is 25.7. The van der Waals surface area contributed by atoms with Crippen molar-refractivity contribution in [2.45, 2.75) is 68.1 Å². The number of aliphatic hydroxyl groups excluding tert-OH is 2. The van der Waals surface area contributed by atoms with Gasteiger partial charge in [-0.2, -0.15) is 0 Å². The number of thioether (sulfide) groups is 1. The molecule has 2 fully saturated rings. The average Bonchev–Trinajstić information content (AvgIpc) is 3.53. The molecule has 0 radical (unpaired) electrons. The van der Waals surface area contributed by atoms with Crippen LogP contribution in [0.5, 0.6) is 0 Å². The fraction of sp³-hybridized carbons (Fsp3) is 0.429. The Morgan fingerprint density at radius 2 is 1.95 bits per heavy atom. The topological polar surface area (TPSA) is 151 Å². The first-order valence-electron chi connectivity index (χ1n) is 13.6. The molecule has 0 aliphatic heterocycles. The number of fused-ring (bicyclic) bond motifs is 1. The van der Waals surface area contributed by atoms with Gasteiger partial charge in [-0.25, -0.2) is 14.6 Å². The standard InChI is InChI=1S/C28H32N8O3S/c1-2-11-40-28-32-25(31-20-12-18(20)17-8-4-3-5-9-17)22-26(33-28)36(35-34-22)21-13-19(23(37)24(21)38)27(39)30-15-16-7-6-10-29-14-16/h3-10,14,18-21,23-24,37-38H,2,11-13,15H2,1H3,(H,30,39)(H,31,32,33)/t18?,19-,20?,21+,23+,24-/m1/s1. The molecule has 2 aliphatic rings. The molecule has 0 bridgehead atoms. The van der Waals surface area contributed by atoms with Gasteiger partial charge in [0.1, 0.15) is 6.10 Å². The summed E-state index contributed by atoms with van der Waals surface area (Å²) in [6, 6.07) is 13.6. The van der Waals surface area contributed by atoms with Gasteiger partial charge in [0, 0.05) is 36.7 Å². The molecule has 2 saturated carbocycles. The van der Waals surface area contributed by atoms with Gasteiger partial charge >= 0.3 is 0 Å². The predicted molar refractivity (Wildman–Crippen MR) is 151 cm³/mol. The number of hydrogen-bond donors (Lipinski definition) is 4. The van der Waals surface area contributed by atoms with Crippen LogP contribution in [0.1, 0.15) is 49.3 Å². The van der Waals surface area contributed by atoms with Gasteiger partial charge < -0.3 is 20.8 Å². The van der Waals surface area contributed by atoms with E-state index in [0.29, 0.717) is 28.1 Å². The van der Waals surface area contributed by atoms with Gasteiger partial charge in [-0.3, -0.25) is 9.78 Å². The van der Waals surface area contributed by atoms with Crippen LogP contribution in [0, 0.1) is 5.92 Å². The zero-order valence-electron chi connectivity index (χ0n) is 22.1. The molecular weight excluding hydrogens is 528 g/mol. The third-order valence-corrected chi connectivity index (χ3v) is 8.62. The molecule has 11 nitrogen and oxygen atoms in total. The van der Waals surface area contributed by atoms with Crippen LogP contribution in [0.4, 0.5) is 5.82 Å². The van der Waals surface area contributed by atoms with Crippen molar-refractivity contribution in [3.63, 3.8) is 0 Å². The Morgan fingerprint density at radius 1 is 1.10 bits per heavy atom. The Bertz CT molecular complexity index is 1470. The first-order valence-corrected chi connectivity index (χ1v) is 14.6. The maximum absolute atomic E-state index is 13.0. The largest absolute Gasteiger partial charge is 0.390 e. The summed E-state index contributed by atoms with van der Waals surface area (Å²) in [5, 5.41) is 37.5. The maximum Gasteiger partial charge on any atom is 0.226 e. The number of carbonyl (C=O) groups excluding carboxylic acids is 1. The number of nitrogens with zero attached hydrogens (tertiary/aromatic N) is 6. The van der Waals surface area contributed by atoms with Crippen LogP contribution in [-0.2, 0) is 11.3 Å². The first kappa shape index (κ1) is 26.6. The fourth-order valence-corrected chi connectivity index (χ4v) is 6.02. The Kier molecular flexibility index (Phi) is 7.63. The summed E-state index contributed by atoms with van der Waals surface area (Å²) in [5.41, 5.74) is 3.11. The minimum absolute atomic E-state index is 0.197. The molecule has 6 rings (SSSR count). The van der Waals surface area contributed by atoms with E-state index >= 15 is 0 Å². The molecular formula is C28H32N8O3S. The zero-order valence-corrected chi connectivity index (χ0v) is 22.9. The lowest BCUT2D eigenvalue weighted by molar-refractivity contribution is -0.129. The maximum atomic E-state index is 13.0. The van der Waals surface area contributed by atoms with Crippen LogP contribution in [0.3, 0.4) is 0 Å². The van der Waals surface area contributed by atoms with Crippen molar-refractivity contribution in [2.24, 2.45) is 5.92 Å². The number of rotatable bonds is 10. The molecule has 0 spiro atoms. The van der Waals surface area contributed by atoms with Crippen LogP contribution >= 0.6 is 11.8 Å². The molecule has 3 aromatic heterocycles. The summed E-state index contributed by atoms with van der Waals surface area (Å²) in [4.78, 5) is 26.5. The van der Waals surface area contributed by atoms with Crippen molar-refractivity contribution in [1.82, 2.24) is 35.3 Å². The number of amides is 1. The summed E-state index contributed by atoms with van der Waals surface area (Å²) in [6.45, 7) is 2.38. The monoisotopic (exact) mass is 560 g/mol. The number of hydrogen-bond acceptors (Lipinski definition) is 10. The predicted octanol–water partition coefficient (Wildman–Crippen LogP) is 2.69. The van der Waals surface area contributed by atoms with Crippen LogP contribution < -0.4 is 10.6 Å². The van der Waals surface area contributed by atoms with E-state index in [1.165, 1.54) is 5.56 Å². The van der Waals surface area contributed by atoms with Crippen molar-refractivity contribution in [3.8, 4) is 0 Å². The highest BCUT2D eigenvalue weighted by Gasteiger charge is 2.47. The highest BCUT2D eigenvalue weighted by Crippen LogP contribution is 2.43. The lowest BCUT2D eigenvalue weighted by Crippen LogP contribution is -2.38. The molecule has 0 saturated heterocycles. The van der Waals surface area contributed by atoms with E-state index in [-0.39, 0.29) is 24.9 Å². The van der Waals surface area contributed by atoms with Crippen molar-refractivity contribution in [1.29, 1.82) is 0 Å². The van der Waals surface area contributed by atoms with Gasteiger partial charge in [0.2, 0.25) is 5.91 Å². The number of pyridine rings is 1. The van der Waals surface area contributed by atoms with Gasteiger partial charge in [-0.15, -0.1) is 5.10 Å². The van der Waals surface area contributed by atoms with Gasteiger partial charge in [0.15, 0.2) is 22.1 Å². The molecule has 40 heavy (non-hydrogen) atoms. The third-order valence-electron chi connectivity index (χ3n) is 7.57. The number of anilines is 1. The highest BCUT2D eigenvalue weighted by atomic mass is 32.2. The van der Waals surface area contributed by atoms with Crippen molar-refractivity contribution >= 4 is 34.7 Å². The van der Waals surface area contributed by atoms with E-state index in [4.69, 9.17) is 9.97 Å². The summed E-state index contributed by atoms with van der Waals surface area (Å²) >= 11 is 1.55. The van der Waals surface area contributed by atoms with Crippen LogP contribution in [0.15, 0.2) is 60.0 Å². The van der Waals surface area contributed by atoms with Gasteiger partial charge in [-0.1, -0.05) is 60.3 Å². The first-order chi connectivity index (χ1) is 19.5. The van der Waals surface area contributed by atoms with Crippen molar-refractivity contribution in [2.75, 3.05) is 11.1 Å². The van der Waals surface area contributed by atoms with Crippen LogP contribution in [0.25, 0.3) is 11.2 Å². The molecule has 2 unspecified atom stereocenters. The lowest BCUT2D eigenvalue weighted by atomic mass is 10.0. The van der Waals surface area contributed by atoms with E-state index in [1.807, 2.05) is 24.3 Å². The number of nitrogens with one attached hydrogen (secondary N) is 2. The Morgan fingerprint density at radius 3 is 2.73 bits per heavy atom. The molecule has 4 aromatic rings. The summed E-state index contributed by atoms with van der Waals surface area (Å²) in [7, 11) is 0. The molecule has 6 atom stereocenters. The van der Waals surface area contributed by atoms with Gasteiger partial charge in [0.05, 0.1) is 18.1 Å². The van der Waals surface area contributed by atoms with Crippen LogP contribution in [0.2, 0.25) is 0 Å². The number of aliphatic hydroxyl groups is 2. The van der Waals surface area contributed by atoms with Gasteiger partial charge in [-0.05, 0) is 36.5 Å². The molecule has 3 heterocycles. The minimum atomic E-state index is -1.25. The fourth-order valence-electron chi connectivity index (χ4n) is 5.33. The second-order valence-electron chi connectivity index (χ2n) is 10.4. The second-order valence-corrected chi connectivity index (χ2v) is 11.4. The average molecular weight is 561 g/mol. The molecule has 208 valence electrons. The summed E-state index contributed by atoms with van der Waals surface area (Å²) in [5.74, 6) is 0.719. The smallest absolute Gasteiger partial charge is 0.226 e. The van der Waals surface area contributed by atoms with E-state index in [1.54, 1.807) is 34.9 Å². The lowest BCUT2D eigenvalue weighted by Gasteiger charge is -2.17.